The smallest absolute Gasteiger partial charge is 0.376 e. The van der Waals surface area contributed by atoms with E-state index in [9.17, 15) is 8.78 Å². The highest BCUT2D eigenvalue weighted by molar-refractivity contribution is 7.98. The Morgan fingerprint density at radius 1 is 1.15 bits per heavy atom. The maximum atomic E-state index is 13.3. The van der Waals surface area contributed by atoms with E-state index in [0.717, 1.165) is 35.3 Å². The zero-order valence-electron chi connectivity index (χ0n) is 10.4. The van der Waals surface area contributed by atoms with Crippen molar-refractivity contribution in [3.63, 3.8) is 0 Å². The van der Waals surface area contributed by atoms with E-state index in [-0.39, 0.29) is 17.3 Å². The quantitative estimate of drug-likeness (QED) is 0.797. The van der Waals surface area contributed by atoms with Crippen LogP contribution in [0.25, 0.3) is 11.4 Å². The number of benzene rings is 1. The van der Waals surface area contributed by atoms with Crippen molar-refractivity contribution in [1.82, 2.24) is 9.97 Å². The molecule has 1 aliphatic rings. The van der Waals surface area contributed by atoms with Crippen molar-refractivity contribution in [2.45, 2.75) is 12.2 Å². The lowest BCUT2D eigenvalue weighted by molar-refractivity contribution is 0.573. The molecule has 1 aromatic carbocycles. The van der Waals surface area contributed by atoms with E-state index in [1.165, 1.54) is 12.1 Å². The number of nitrogens with zero attached hydrogens (tertiary/aromatic N) is 2. The van der Waals surface area contributed by atoms with Crippen molar-refractivity contribution in [3.05, 3.63) is 41.1 Å². The van der Waals surface area contributed by atoms with Gasteiger partial charge >= 0.3 is 8.05 Å². The van der Waals surface area contributed by atoms with Crippen LogP contribution in [0.2, 0.25) is 0 Å². The minimum absolute atomic E-state index is 0.217. The number of thioether (sulfide) groups is 1. The van der Waals surface area contributed by atoms with Crippen LogP contribution in [0.4, 0.5) is 8.78 Å². The molecule has 0 saturated carbocycles. The fraction of sp³-hybridized carbons (Fsp3) is 0.231. The molecular formula is C13H9BF2N2OS. The summed E-state index contributed by atoms with van der Waals surface area (Å²) in [5.74, 6) is 0.792. The van der Waals surface area contributed by atoms with Gasteiger partial charge in [-0.05, 0) is 24.3 Å². The monoisotopic (exact) mass is 290 g/mol. The minimum Gasteiger partial charge on any atom is -0.555 e. The number of fused-ring (bicyclic) bond motifs is 1. The Morgan fingerprint density at radius 2 is 1.90 bits per heavy atom. The molecular weight excluding hydrogens is 281 g/mol. The summed E-state index contributed by atoms with van der Waals surface area (Å²) in [6.07, 6.45) is 0.754. The first-order chi connectivity index (χ1) is 9.67. The molecule has 0 N–H and O–H groups in total. The Balaban J connectivity index is 2.14. The minimum atomic E-state index is -0.674. The second-order valence-corrected chi connectivity index (χ2v) is 5.46. The standard InChI is InChI=1S/C13H9BF2N2OS/c14-19-13-10-6-20-2-1-11(10)17-12(18-13)7-3-8(15)5-9(16)4-7/h3-5H,1-2,6H2. The summed E-state index contributed by atoms with van der Waals surface area (Å²) in [7, 11) is 5.23. The van der Waals surface area contributed by atoms with E-state index in [2.05, 4.69) is 9.97 Å². The van der Waals surface area contributed by atoms with Crippen LogP contribution < -0.4 is 4.65 Å². The van der Waals surface area contributed by atoms with Gasteiger partial charge < -0.3 is 4.65 Å². The molecule has 0 amide bonds. The molecule has 2 aromatic rings. The lowest BCUT2D eigenvalue weighted by Crippen LogP contribution is -2.10. The van der Waals surface area contributed by atoms with Crippen molar-refractivity contribution < 1.29 is 13.4 Å². The summed E-state index contributed by atoms with van der Waals surface area (Å²) >= 11 is 1.74. The lowest BCUT2D eigenvalue weighted by atomic mass is 10.1. The molecule has 2 radical (unpaired) electrons. The van der Waals surface area contributed by atoms with Crippen molar-refractivity contribution in [1.29, 1.82) is 0 Å². The van der Waals surface area contributed by atoms with Gasteiger partial charge in [0.15, 0.2) is 5.82 Å². The van der Waals surface area contributed by atoms with Gasteiger partial charge in [0.05, 0.1) is 5.69 Å². The normalized spacial score (nSPS) is 13.9. The molecule has 2 heterocycles. The topological polar surface area (TPSA) is 35.0 Å². The fourth-order valence-electron chi connectivity index (χ4n) is 2.11. The first-order valence-electron chi connectivity index (χ1n) is 5.98. The third kappa shape index (κ3) is 2.50. The molecule has 7 heteroatoms. The van der Waals surface area contributed by atoms with E-state index >= 15 is 0 Å². The van der Waals surface area contributed by atoms with Gasteiger partial charge in [-0.3, -0.25) is 0 Å². The van der Waals surface area contributed by atoms with Crippen molar-refractivity contribution >= 4 is 19.8 Å². The van der Waals surface area contributed by atoms with Crippen LogP contribution in [0.15, 0.2) is 18.2 Å². The number of rotatable bonds is 2. The molecule has 0 spiro atoms. The third-order valence-corrected chi connectivity index (χ3v) is 4.00. The lowest BCUT2D eigenvalue weighted by Gasteiger charge is -2.18. The Morgan fingerprint density at radius 3 is 2.60 bits per heavy atom. The van der Waals surface area contributed by atoms with Crippen LogP contribution in [0.3, 0.4) is 0 Å². The Kier molecular flexibility index (Phi) is 3.61. The van der Waals surface area contributed by atoms with E-state index in [0.29, 0.717) is 0 Å². The van der Waals surface area contributed by atoms with E-state index in [1.54, 1.807) is 11.8 Å². The molecule has 0 bridgehead atoms. The van der Waals surface area contributed by atoms with Gasteiger partial charge in [-0.15, -0.1) is 0 Å². The first kappa shape index (κ1) is 13.4. The molecule has 0 atom stereocenters. The van der Waals surface area contributed by atoms with E-state index in [4.69, 9.17) is 12.7 Å². The molecule has 100 valence electrons. The van der Waals surface area contributed by atoms with Gasteiger partial charge in [-0.1, -0.05) is 0 Å². The highest BCUT2D eigenvalue weighted by atomic mass is 32.2. The summed E-state index contributed by atoms with van der Waals surface area (Å²) in [6.45, 7) is 0. The fourth-order valence-corrected chi connectivity index (χ4v) is 3.09. The second-order valence-electron chi connectivity index (χ2n) is 4.36. The summed E-state index contributed by atoms with van der Waals surface area (Å²) < 4.78 is 31.3. The van der Waals surface area contributed by atoms with Crippen molar-refractivity contribution in [2.75, 3.05) is 5.75 Å². The molecule has 1 aromatic heterocycles. The van der Waals surface area contributed by atoms with Gasteiger partial charge in [0.1, 0.15) is 11.6 Å². The maximum absolute atomic E-state index is 13.3. The zero-order valence-corrected chi connectivity index (χ0v) is 11.2. The molecule has 0 aliphatic carbocycles. The zero-order chi connectivity index (χ0) is 14.1. The predicted molar refractivity (Wildman–Crippen MR) is 73.6 cm³/mol. The number of hydrogen-bond donors (Lipinski definition) is 0. The maximum Gasteiger partial charge on any atom is 0.376 e. The predicted octanol–water partition coefficient (Wildman–Crippen LogP) is 2.67. The van der Waals surface area contributed by atoms with Gasteiger partial charge in [0.2, 0.25) is 5.88 Å². The van der Waals surface area contributed by atoms with Crippen LogP contribution in [0.5, 0.6) is 5.88 Å². The van der Waals surface area contributed by atoms with Crippen LogP contribution in [0, 0.1) is 11.6 Å². The largest absolute Gasteiger partial charge is 0.555 e. The number of aromatic nitrogens is 2. The summed E-state index contributed by atoms with van der Waals surface area (Å²) in [5, 5.41) is 0. The van der Waals surface area contributed by atoms with Crippen LogP contribution in [-0.4, -0.2) is 23.8 Å². The van der Waals surface area contributed by atoms with Gasteiger partial charge in [0, 0.05) is 22.9 Å². The number of aryl methyl sites for hydroxylation is 1. The van der Waals surface area contributed by atoms with Crippen molar-refractivity contribution in [2.24, 2.45) is 0 Å². The first-order valence-corrected chi connectivity index (χ1v) is 7.13. The molecule has 0 fully saturated rings. The molecule has 1 aliphatic heterocycles. The summed E-state index contributed by atoms with van der Waals surface area (Å²) in [5.41, 5.74) is 1.94. The Hall–Kier alpha value is -1.63. The highest BCUT2D eigenvalue weighted by Gasteiger charge is 2.19. The average Bonchev–Trinajstić information content (AvgIpc) is 2.45. The Bertz CT molecular complexity index is 632. The highest BCUT2D eigenvalue weighted by Crippen LogP contribution is 2.31. The molecule has 20 heavy (non-hydrogen) atoms. The molecule has 0 saturated heterocycles. The number of hydrogen-bond acceptors (Lipinski definition) is 4. The van der Waals surface area contributed by atoms with E-state index < -0.39 is 11.6 Å². The van der Waals surface area contributed by atoms with Crippen LogP contribution >= 0.6 is 11.8 Å². The van der Waals surface area contributed by atoms with Gasteiger partial charge in [0.25, 0.3) is 0 Å². The average molecular weight is 290 g/mol. The van der Waals surface area contributed by atoms with Gasteiger partial charge in [-0.2, -0.15) is 16.7 Å². The SMILES string of the molecule is [B]Oc1nc(-c2cc(F)cc(F)c2)nc2c1CSCC2. The molecule has 3 nitrogen and oxygen atoms in total. The van der Waals surface area contributed by atoms with Crippen LogP contribution in [-0.2, 0) is 12.2 Å². The summed E-state index contributed by atoms with van der Waals surface area (Å²) in [6, 6.07) is 3.17. The van der Waals surface area contributed by atoms with Crippen molar-refractivity contribution in [3.8, 4) is 17.3 Å². The summed E-state index contributed by atoms with van der Waals surface area (Å²) in [4.78, 5) is 8.53. The second kappa shape index (κ2) is 5.40. The molecule has 3 rings (SSSR count). The molecule has 0 unspecified atom stereocenters. The third-order valence-electron chi connectivity index (χ3n) is 3.02. The van der Waals surface area contributed by atoms with Gasteiger partial charge in [-0.25, -0.2) is 13.8 Å². The van der Waals surface area contributed by atoms with E-state index in [1.807, 2.05) is 0 Å². The number of halogens is 2. The Labute approximate surface area is 120 Å². The van der Waals surface area contributed by atoms with Crippen LogP contribution in [0.1, 0.15) is 11.3 Å².